The van der Waals surface area contributed by atoms with Crippen LogP contribution < -0.4 is 20.1 Å². The topological polar surface area (TPSA) is 76.7 Å². The van der Waals surface area contributed by atoms with Crippen LogP contribution in [0.4, 0.5) is 5.69 Å². The molecular weight excluding hydrogens is 308 g/mol. The van der Waals surface area contributed by atoms with Crippen LogP contribution in [0.3, 0.4) is 0 Å². The number of benzene rings is 2. The zero-order valence-corrected chi connectivity index (χ0v) is 13.9. The van der Waals surface area contributed by atoms with Crippen molar-refractivity contribution in [3.63, 3.8) is 0 Å². The Hall–Kier alpha value is -3.02. The SMILES string of the molecule is COc1cc(NC(=O)CNC(=O)c2ccccc2C)cc(OC)c1. The van der Waals surface area contributed by atoms with Gasteiger partial charge in [-0.3, -0.25) is 9.59 Å². The summed E-state index contributed by atoms with van der Waals surface area (Å²) in [4.78, 5) is 24.1. The van der Waals surface area contributed by atoms with Gasteiger partial charge in [-0.2, -0.15) is 0 Å². The lowest BCUT2D eigenvalue weighted by Crippen LogP contribution is -2.33. The van der Waals surface area contributed by atoms with Crippen molar-refractivity contribution in [3.05, 3.63) is 53.6 Å². The molecule has 0 spiro atoms. The third kappa shape index (κ3) is 4.49. The van der Waals surface area contributed by atoms with Crippen LogP contribution in [-0.2, 0) is 4.79 Å². The van der Waals surface area contributed by atoms with Crippen LogP contribution in [-0.4, -0.2) is 32.6 Å². The summed E-state index contributed by atoms with van der Waals surface area (Å²) in [6.45, 7) is 1.71. The smallest absolute Gasteiger partial charge is 0.251 e. The van der Waals surface area contributed by atoms with Gasteiger partial charge in [-0.15, -0.1) is 0 Å². The number of anilines is 1. The predicted molar refractivity (Wildman–Crippen MR) is 91.7 cm³/mol. The number of rotatable bonds is 6. The van der Waals surface area contributed by atoms with E-state index in [1.54, 1.807) is 30.3 Å². The molecule has 0 radical (unpaired) electrons. The van der Waals surface area contributed by atoms with Gasteiger partial charge in [-0.25, -0.2) is 0 Å². The third-order valence-corrected chi connectivity index (χ3v) is 3.43. The molecule has 0 aliphatic rings. The van der Waals surface area contributed by atoms with E-state index in [1.807, 2.05) is 19.1 Å². The van der Waals surface area contributed by atoms with Crippen LogP contribution >= 0.6 is 0 Å². The van der Waals surface area contributed by atoms with Crippen LogP contribution in [0.15, 0.2) is 42.5 Å². The molecule has 6 heteroatoms. The van der Waals surface area contributed by atoms with Gasteiger partial charge < -0.3 is 20.1 Å². The highest BCUT2D eigenvalue weighted by Crippen LogP contribution is 2.25. The highest BCUT2D eigenvalue weighted by molar-refractivity contribution is 6.00. The minimum Gasteiger partial charge on any atom is -0.497 e. The number of hydrogen-bond donors (Lipinski definition) is 2. The minimum absolute atomic E-state index is 0.132. The molecule has 0 saturated carbocycles. The Kier molecular flexibility index (Phi) is 5.78. The Bertz CT molecular complexity index is 721. The van der Waals surface area contributed by atoms with E-state index in [2.05, 4.69) is 10.6 Å². The molecule has 2 amide bonds. The van der Waals surface area contributed by atoms with Gasteiger partial charge in [0.15, 0.2) is 0 Å². The van der Waals surface area contributed by atoms with Gasteiger partial charge in [0.05, 0.1) is 20.8 Å². The molecule has 0 atom stereocenters. The second-order valence-corrected chi connectivity index (χ2v) is 5.15. The van der Waals surface area contributed by atoms with Crippen molar-refractivity contribution in [2.75, 3.05) is 26.1 Å². The normalized spacial score (nSPS) is 9.96. The lowest BCUT2D eigenvalue weighted by molar-refractivity contribution is -0.115. The molecule has 0 aliphatic heterocycles. The fourth-order valence-corrected chi connectivity index (χ4v) is 2.17. The van der Waals surface area contributed by atoms with Gasteiger partial charge in [-0.1, -0.05) is 18.2 Å². The van der Waals surface area contributed by atoms with Crippen LogP contribution in [0.5, 0.6) is 11.5 Å². The number of methoxy groups -OCH3 is 2. The highest BCUT2D eigenvalue weighted by atomic mass is 16.5. The molecule has 0 fully saturated rings. The molecule has 0 unspecified atom stereocenters. The number of aryl methyl sites for hydroxylation is 1. The van der Waals surface area contributed by atoms with Gasteiger partial charge in [0.1, 0.15) is 11.5 Å². The van der Waals surface area contributed by atoms with E-state index in [4.69, 9.17) is 9.47 Å². The van der Waals surface area contributed by atoms with Gasteiger partial charge in [0, 0.05) is 29.4 Å². The molecular formula is C18H20N2O4. The van der Waals surface area contributed by atoms with Crippen molar-refractivity contribution in [2.24, 2.45) is 0 Å². The maximum Gasteiger partial charge on any atom is 0.251 e. The monoisotopic (exact) mass is 328 g/mol. The van der Waals surface area contributed by atoms with Crippen LogP contribution in [0.1, 0.15) is 15.9 Å². The quantitative estimate of drug-likeness (QED) is 0.853. The Balaban J connectivity index is 1.96. The Morgan fingerprint density at radius 3 is 2.21 bits per heavy atom. The largest absolute Gasteiger partial charge is 0.497 e. The molecule has 126 valence electrons. The summed E-state index contributed by atoms with van der Waals surface area (Å²) in [7, 11) is 3.06. The lowest BCUT2D eigenvalue weighted by atomic mass is 10.1. The van der Waals surface area contributed by atoms with E-state index in [9.17, 15) is 9.59 Å². The second-order valence-electron chi connectivity index (χ2n) is 5.15. The van der Waals surface area contributed by atoms with Crippen molar-refractivity contribution in [3.8, 4) is 11.5 Å². The summed E-state index contributed by atoms with van der Waals surface area (Å²) < 4.78 is 10.3. The fourth-order valence-electron chi connectivity index (χ4n) is 2.17. The van der Waals surface area contributed by atoms with E-state index in [0.29, 0.717) is 22.7 Å². The van der Waals surface area contributed by atoms with Crippen molar-refractivity contribution in [1.82, 2.24) is 5.32 Å². The van der Waals surface area contributed by atoms with E-state index in [0.717, 1.165) is 5.56 Å². The molecule has 0 heterocycles. The molecule has 2 aromatic rings. The van der Waals surface area contributed by atoms with Gasteiger partial charge >= 0.3 is 0 Å². The van der Waals surface area contributed by atoms with Gasteiger partial charge in [0.2, 0.25) is 5.91 Å². The maximum absolute atomic E-state index is 12.1. The zero-order chi connectivity index (χ0) is 17.5. The van der Waals surface area contributed by atoms with Gasteiger partial charge in [0.25, 0.3) is 5.91 Å². The van der Waals surface area contributed by atoms with E-state index < -0.39 is 0 Å². The molecule has 2 aromatic carbocycles. The fraction of sp³-hybridized carbons (Fsp3) is 0.222. The average molecular weight is 328 g/mol. The number of carbonyl (C=O) groups excluding carboxylic acids is 2. The van der Waals surface area contributed by atoms with Gasteiger partial charge in [-0.05, 0) is 18.6 Å². The number of ether oxygens (including phenoxy) is 2. The summed E-state index contributed by atoms with van der Waals surface area (Å²) in [5, 5.41) is 5.30. The first kappa shape index (κ1) is 17.3. The van der Waals surface area contributed by atoms with Crippen LogP contribution in [0, 0.1) is 6.92 Å². The predicted octanol–water partition coefficient (Wildman–Crippen LogP) is 2.38. The van der Waals surface area contributed by atoms with E-state index in [1.165, 1.54) is 14.2 Å². The second kappa shape index (κ2) is 8.01. The summed E-state index contributed by atoms with van der Waals surface area (Å²) in [6.07, 6.45) is 0. The van der Waals surface area contributed by atoms with E-state index in [-0.39, 0.29) is 18.4 Å². The molecule has 0 aromatic heterocycles. The standard InChI is InChI=1S/C18H20N2O4/c1-12-6-4-5-7-16(12)18(22)19-11-17(21)20-13-8-14(23-2)10-15(9-13)24-3/h4-10H,11H2,1-3H3,(H,19,22)(H,20,21). The first-order chi connectivity index (χ1) is 11.5. The lowest BCUT2D eigenvalue weighted by Gasteiger charge is -2.11. The summed E-state index contributed by atoms with van der Waals surface area (Å²) >= 11 is 0. The summed E-state index contributed by atoms with van der Waals surface area (Å²) in [6, 6.07) is 12.2. The molecule has 0 aliphatic carbocycles. The zero-order valence-electron chi connectivity index (χ0n) is 13.9. The highest BCUT2D eigenvalue weighted by Gasteiger charge is 2.11. The molecule has 24 heavy (non-hydrogen) atoms. The molecule has 0 bridgehead atoms. The molecule has 0 saturated heterocycles. The van der Waals surface area contributed by atoms with Crippen LogP contribution in [0.25, 0.3) is 0 Å². The molecule has 2 rings (SSSR count). The van der Waals surface area contributed by atoms with Crippen molar-refractivity contribution >= 4 is 17.5 Å². The van der Waals surface area contributed by atoms with Crippen LogP contribution in [0.2, 0.25) is 0 Å². The summed E-state index contributed by atoms with van der Waals surface area (Å²) in [5.74, 6) is 0.501. The maximum atomic E-state index is 12.1. The Labute approximate surface area is 140 Å². The minimum atomic E-state index is -0.341. The Morgan fingerprint density at radius 1 is 1.00 bits per heavy atom. The third-order valence-electron chi connectivity index (χ3n) is 3.43. The molecule has 6 nitrogen and oxygen atoms in total. The molecule has 2 N–H and O–H groups in total. The number of nitrogens with one attached hydrogen (secondary N) is 2. The van der Waals surface area contributed by atoms with Crippen molar-refractivity contribution in [2.45, 2.75) is 6.92 Å². The summed E-state index contributed by atoms with van der Waals surface area (Å²) in [5.41, 5.74) is 1.93. The number of hydrogen-bond acceptors (Lipinski definition) is 4. The van der Waals surface area contributed by atoms with Crippen molar-refractivity contribution in [1.29, 1.82) is 0 Å². The average Bonchev–Trinajstić information content (AvgIpc) is 2.59. The van der Waals surface area contributed by atoms with Crippen molar-refractivity contribution < 1.29 is 19.1 Å². The Morgan fingerprint density at radius 2 is 1.62 bits per heavy atom. The first-order valence-electron chi connectivity index (χ1n) is 7.40. The number of carbonyl (C=O) groups is 2. The first-order valence-corrected chi connectivity index (χ1v) is 7.40. The number of amides is 2. The van der Waals surface area contributed by atoms with E-state index >= 15 is 0 Å².